The zero-order valence-electron chi connectivity index (χ0n) is 15.6. The van der Waals surface area contributed by atoms with E-state index in [1.165, 1.54) is 17.0 Å². The van der Waals surface area contributed by atoms with Crippen molar-refractivity contribution in [2.75, 3.05) is 26.2 Å². The molecule has 1 saturated heterocycles. The molecule has 0 radical (unpaired) electrons. The Hall–Kier alpha value is -2.13. The second-order valence-electron chi connectivity index (χ2n) is 6.84. The predicted octanol–water partition coefficient (Wildman–Crippen LogP) is 1.47. The zero-order chi connectivity index (χ0) is 20.1. The predicted molar refractivity (Wildman–Crippen MR) is 99.0 cm³/mol. The molecule has 0 aromatic heterocycles. The van der Waals surface area contributed by atoms with Crippen LogP contribution in [0.3, 0.4) is 0 Å². The molecule has 0 bridgehead atoms. The van der Waals surface area contributed by atoms with Gasteiger partial charge in [0.1, 0.15) is 5.75 Å². The van der Waals surface area contributed by atoms with Crippen molar-refractivity contribution in [2.24, 2.45) is 5.41 Å². The van der Waals surface area contributed by atoms with Gasteiger partial charge in [0.05, 0.1) is 16.9 Å². The van der Waals surface area contributed by atoms with Crippen LogP contribution < -0.4 is 9.46 Å². The first-order valence-electron chi connectivity index (χ1n) is 8.91. The van der Waals surface area contributed by atoms with Gasteiger partial charge < -0.3 is 14.7 Å². The van der Waals surface area contributed by atoms with E-state index < -0.39 is 21.4 Å². The third-order valence-electron chi connectivity index (χ3n) is 4.64. The first kappa shape index (κ1) is 21.2. The summed E-state index contributed by atoms with van der Waals surface area (Å²) in [4.78, 5) is 25.3. The number of piperidine rings is 1. The lowest BCUT2D eigenvalue weighted by Gasteiger charge is -2.37. The van der Waals surface area contributed by atoms with Crippen molar-refractivity contribution in [1.29, 1.82) is 0 Å². The summed E-state index contributed by atoms with van der Waals surface area (Å²) in [5.41, 5.74) is -0.949. The third-order valence-corrected chi connectivity index (χ3v) is 6.12. The molecule has 8 nitrogen and oxygen atoms in total. The Labute approximate surface area is 159 Å². The Kier molecular flexibility index (Phi) is 6.83. The van der Waals surface area contributed by atoms with Crippen LogP contribution in [-0.2, 0) is 19.6 Å². The van der Waals surface area contributed by atoms with Crippen molar-refractivity contribution in [3.63, 3.8) is 0 Å². The van der Waals surface area contributed by atoms with Crippen LogP contribution in [0, 0.1) is 5.41 Å². The molecule has 1 fully saturated rings. The number of nitrogens with one attached hydrogen (secondary N) is 1. The zero-order valence-corrected chi connectivity index (χ0v) is 16.4. The molecule has 2 rings (SSSR count). The molecule has 1 amide bonds. The van der Waals surface area contributed by atoms with E-state index in [0.717, 1.165) is 0 Å². The van der Waals surface area contributed by atoms with E-state index in [1.54, 1.807) is 19.1 Å². The first-order chi connectivity index (χ1) is 12.7. The van der Waals surface area contributed by atoms with Crippen molar-refractivity contribution < 1.29 is 27.9 Å². The highest BCUT2D eigenvalue weighted by atomic mass is 32.2. The van der Waals surface area contributed by atoms with Crippen LogP contribution in [0.5, 0.6) is 5.75 Å². The van der Waals surface area contributed by atoms with E-state index in [9.17, 15) is 23.1 Å². The summed E-state index contributed by atoms with van der Waals surface area (Å²) in [7, 11) is -3.73. The average Bonchev–Trinajstić information content (AvgIpc) is 2.62. The van der Waals surface area contributed by atoms with Gasteiger partial charge in [-0.3, -0.25) is 9.59 Å². The summed E-state index contributed by atoms with van der Waals surface area (Å²) < 4.78 is 32.3. The van der Waals surface area contributed by atoms with E-state index in [4.69, 9.17) is 4.74 Å². The van der Waals surface area contributed by atoms with Gasteiger partial charge in [0.15, 0.2) is 0 Å². The summed E-state index contributed by atoms with van der Waals surface area (Å²) >= 11 is 0. The lowest BCUT2D eigenvalue weighted by molar-refractivity contribution is -0.153. The topological polar surface area (TPSA) is 113 Å². The first-order valence-corrected chi connectivity index (χ1v) is 10.4. The monoisotopic (exact) mass is 398 g/mol. The fourth-order valence-corrected chi connectivity index (χ4v) is 4.07. The summed E-state index contributed by atoms with van der Waals surface area (Å²) in [5.74, 6) is -0.592. The van der Waals surface area contributed by atoms with Gasteiger partial charge in [-0.25, -0.2) is 13.1 Å². The fourth-order valence-electron chi connectivity index (χ4n) is 3.04. The molecule has 150 valence electrons. The van der Waals surface area contributed by atoms with E-state index in [0.29, 0.717) is 31.7 Å². The van der Waals surface area contributed by atoms with Gasteiger partial charge in [0.25, 0.3) is 0 Å². The van der Waals surface area contributed by atoms with Crippen molar-refractivity contribution in [3.05, 3.63) is 24.3 Å². The Morgan fingerprint density at radius 3 is 2.56 bits per heavy atom. The number of benzene rings is 1. The van der Waals surface area contributed by atoms with Crippen molar-refractivity contribution in [3.8, 4) is 5.75 Å². The van der Waals surface area contributed by atoms with Gasteiger partial charge in [-0.2, -0.15) is 0 Å². The molecular weight excluding hydrogens is 372 g/mol. The van der Waals surface area contributed by atoms with Crippen molar-refractivity contribution in [1.82, 2.24) is 9.62 Å². The van der Waals surface area contributed by atoms with Crippen LogP contribution in [0.4, 0.5) is 0 Å². The normalized spacial score (nSPS) is 20.3. The summed E-state index contributed by atoms with van der Waals surface area (Å²) in [6.07, 6.45) is 1.12. The fraction of sp³-hybridized carbons (Fsp3) is 0.556. The smallest absolute Gasteiger partial charge is 0.311 e. The number of hydrogen-bond acceptors (Lipinski definition) is 5. The number of sulfonamides is 1. The second-order valence-corrected chi connectivity index (χ2v) is 8.60. The lowest BCUT2D eigenvalue weighted by atomic mass is 9.82. The molecule has 2 N–H and O–H groups in total. The molecule has 0 saturated carbocycles. The Morgan fingerprint density at radius 1 is 1.30 bits per heavy atom. The number of likely N-dealkylation sites (tertiary alicyclic amines) is 1. The minimum Gasteiger partial charge on any atom is -0.494 e. The third kappa shape index (κ3) is 5.43. The maximum atomic E-state index is 12.3. The number of carbonyl (C=O) groups is 2. The number of carboxylic acid groups (broad SMARTS) is 1. The Morgan fingerprint density at radius 2 is 1.96 bits per heavy atom. The molecule has 0 aliphatic carbocycles. The van der Waals surface area contributed by atoms with Crippen molar-refractivity contribution in [2.45, 2.75) is 38.0 Å². The number of rotatable bonds is 8. The molecule has 9 heteroatoms. The van der Waals surface area contributed by atoms with Crippen LogP contribution in [0.2, 0.25) is 0 Å². The van der Waals surface area contributed by atoms with E-state index >= 15 is 0 Å². The van der Waals surface area contributed by atoms with Crippen LogP contribution in [0.1, 0.15) is 33.1 Å². The highest BCUT2D eigenvalue weighted by Gasteiger charge is 2.39. The molecule has 27 heavy (non-hydrogen) atoms. The van der Waals surface area contributed by atoms with Crippen molar-refractivity contribution >= 4 is 21.9 Å². The minimum atomic E-state index is -3.73. The van der Waals surface area contributed by atoms with E-state index in [-0.39, 0.29) is 30.3 Å². The van der Waals surface area contributed by atoms with Crippen LogP contribution in [0.15, 0.2) is 29.2 Å². The quantitative estimate of drug-likeness (QED) is 0.686. The average molecular weight is 398 g/mol. The molecule has 1 atom stereocenters. The standard InChI is InChI=1S/C18H26N2O6S/c1-3-26-14-5-7-15(8-6-14)27(24,25)19-11-9-16(21)20-12-4-10-18(2,13-20)17(22)23/h5-8,19H,3-4,9-13H2,1-2H3,(H,22,23). The maximum Gasteiger partial charge on any atom is 0.311 e. The van der Waals surface area contributed by atoms with Gasteiger partial charge >= 0.3 is 5.97 Å². The highest BCUT2D eigenvalue weighted by molar-refractivity contribution is 7.89. The minimum absolute atomic E-state index is 0.0219. The number of nitrogens with zero attached hydrogens (tertiary/aromatic N) is 1. The summed E-state index contributed by atoms with van der Waals surface area (Å²) in [6.45, 7) is 4.55. The lowest BCUT2D eigenvalue weighted by Crippen LogP contribution is -2.48. The Balaban J connectivity index is 1.89. The molecular formula is C18H26N2O6S. The molecule has 1 heterocycles. The van der Waals surface area contributed by atoms with Crippen LogP contribution in [-0.4, -0.2) is 56.5 Å². The van der Waals surface area contributed by atoms with Crippen LogP contribution in [0.25, 0.3) is 0 Å². The van der Waals surface area contributed by atoms with Gasteiger partial charge in [-0.05, 0) is 51.0 Å². The van der Waals surface area contributed by atoms with Gasteiger partial charge in [0.2, 0.25) is 15.9 Å². The molecule has 1 aliphatic heterocycles. The SMILES string of the molecule is CCOc1ccc(S(=O)(=O)NCCC(=O)N2CCCC(C)(C(=O)O)C2)cc1. The Bertz CT molecular complexity index is 778. The van der Waals surface area contributed by atoms with E-state index in [2.05, 4.69) is 4.72 Å². The number of aliphatic carboxylic acids is 1. The molecule has 1 aliphatic rings. The second kappa shape index (κ2) is 8.71. The molecule has 0 spiro atoms. The maximum absolute atomic E-state index is 12.3. The number of hydrogen-bond donors (Lipinski definition) is 2. The molecule has 1 aromatic rings. The van der Waals surface area contributed by atoms with Crippen LogP contribution >= 0.6 is 0 Å². The van der Waals surface area contributed by atoms with Gasteiger partial charge in [-0.1, -0.05) is 0 Å². The van der Waals surface area contributed by atoms with E-state index in [1.807, 2.05) is 6.92 Å². The highest BCUT2D eigenvalue weighted by Crippen LogP contribution is 2.29. The largest absolute Gasteiger partial charge is 0.494 e. The molecule has 1 unspecified atom stereocenters. The number of carbonyl (C=O) groups excluding carboxylic acids is 1. The summed E-state index contributed by atoms with van der Waals surface area (Å²) in [5, 5.41) is 9.32. The van der Waals surface area contributed by atoms with Gasteiger partial charge in [-0.15, -0.1) is 0 Å². The summed E-state index contributed by atoms with van der Waals surface area (Å²) in [6, 6.07) is 6.03. The number of ether oxygens (including phenoxy) is 1. The number of carboxylic acids is 1. The molecule has 1 aromatic carbocycles. The van der Waals surface area contributed by atoms with Gasteiger partial charge in [0, 0.05) is 26.1 Å². The number of amides is 1.